The molecule has 0 atom stereocenters. The van der Waals surface area contributed by atoms with Gasteiger partial charge in [0.2, 0.25) is 0 Å². The summed E-state index contributed by atoms with van der Waals surface area (Å²) in [5, 5.41) is 0. The average Bonchev–Trinajstić information content (AvgIpc) is 2.61. The molecule has 0 amide bonds. The summed E-state index contributed by atoms with van der Waals surface area (Å²) in [4.78, 5) is 0. The molecule has 0 radical (unpaired) electrons. The summed E-state index contributed by atoms with van der Waals surface area (Å²) in [6.45, 7) is 2.01. The van der Waals surface area contributed by atoms with Gasteiger partial charge < -0.3 is 5.73 Å². The van der Waals surface area contributed by atoms with Crippen LogP contribution in [0.4, 0.5) is 8.78 Å². The van der Waals surface area contributed by atoms with Crippen LogP contribution in [0.5, 0.6) is 0 Å². The summed E-state index contributed by atoms with van der Waals surface area (Å²) in [6.07, 6.45) is 5.37. The number of nitrogens with zero attached hydrogens (tertiary/aromatic N) is 1. The zero-order valence-corrected chi connectivity index (χ0v) is 12.3. The minimum Gasteiger partial charge on any atom is -0.329 e. The highest BCUT2D eigenvalue weighted by Crippen LogP contribution is 2.35. The number of hydrogen-bond donors (Lipinski definition) is 1. The number of rotatable bonds is 6. The third-order valence-corrected chi connectivity index (χ3v) is 5.54. The molecular formula is C12H24F2N2O2S. The van der Waals surface area contributed by atoms with E-state index in [1.165, 1.54) is 0 Å². The summed E-state index contributed by atoms with van der Waals surface area (Å²) in [6, 6.07) is 0. The third-order valence-electron chi connectivity index (χ3n) is 3.90. The van der Waals surface area contributed by atoms with Crippen molar-refractivity contribution in [3.05, 3.63) is 0 Å². The van der Waals surface area contributed by atoms with Gasteiger partial charge in [0, 0.05) is 18.6 Å². The van der Waals surface area contributed by atoms with Crippen molar-refractivity contribution in [2.45, 2.75) is 63.2 Å². The molecule has 0 bridgehead atoms. The van der Waals surface area contributed by atoms with Crippen molar-refractivity contribution in [1.82, 2.24) is 4.31 Å². The van der Waals surface area contributed by atoms with Gasteiger partial charge in [-0.05, 0) is 19.3 Å². The molecule has 1 saturated carbocycles. The lowest BCUT2D eigenvalue weighted by Crippen LogP contribution is -2.57. The van der Waals surface area contributed by atoms with Gasteiger partial charge in [0.1, 0.15) is 0 Å². The van der Waals surface area contributed by atoms with Crippen molar-refractivity contribution < 1.29 is 17.2 Å². The molecule has 0 spiro atoms. The molecule has 2 N–H and O–H groups in total. The highest BCUT2D eigenvalue weighted by molar-refractivity contribution is 7.89. The van der Waals surface area contributed by atoms with E-state index in [2.05, 4.69) is 0 Å². The van der Waals surface area contributed by atoms with Crippen LogP contribution in [0.25, 0.3) is 0 Å². The normalized spacial score (nSPS) is 20.7. The first-order valence-corrected chi connectivity index (χ1v) is 8.41. The Morgan fingerprint density at radius 1 is 1.21 bits per heavy atom. The van der Waals surface area contributed by atoms with Gasteiger partial charge in [0.15, 0.2) is 0 Å². The Kier molecular flexibility index (Phi) is 6.14. The van der Waals surface area contributed by atoms with Gasteiger partial charge in [-0.3, -0.25) is 0 Å². The summed E-state index contributed by atoms with van der Waals surface area (Å²) in [5.74, 6) is -3.37. The predicted molar refractivity (Wildman–Crippen MR) is 71.4 cm³/mol. The maximum Gasteiger partial charge on any atom is 0.350 e. The fourth-order valence-corrected chi connectivity index (χ4v) is 4.30. The summed E-state index contributed by atoms with van der Waals surface area (Å²) >= 11 is 0. The highest BCUT2D eigenvalue weighted by atomic mass is 32.2. The highest BCUT2D eigenvalue weighted by Gasteiger charge is 2.45. The van der Waals surface area contributed by atoms with Gasteiger partial charge in [-0.1, -0.05) is 32.6 Å². The standard InChI is InChI=1S/C12H24F2N2O2S/c1-2-9-16(19(17,18)11(13)14)12(10-15)7-5-3-4-6-8-12/h11H,2-10,15H2,1H3. The molecule has 7 heteroatoms. The van der Waals surface area contributed by atoms with Crippen molar-refractivity contribution in [2.75, 3.05) is 13.1 Å². The Bertz CT molecular complexity index is 366. The van der Waals surface area contributed by atoms with E-state index in [0.717, 1.165) is 30.0 Å². The fraction of sp³-hybridized carbons (Fsp3) is 1.00. The second-order valence-corrected chi connectivity index (χ2v) is 7.05. The summed E-state index contributed by atoms with van der Waals surface area (Å²) in [7, 11) is -4.57. The molecule has 1 fully saturated rings. The van der Waals surface area contributed by atoms with Gasteiger partial charge in [-0.25, -0.2) is 8.42 Å². The predicted octanol–water partition coefficient (Wildman–Crippen LogP) is 2.30. The van der Waals surface area contributed by atoms with Gasteiger partial charge in [0.05, 0.1) is 0 Å². The van der Waals surface area contributed by atoms with E-state index in [9.17, 15) is 17.2 Å². The first kappa shape index (κ1) is 16.8. The van der Waals surface area contributed by atoms with Crippen LogP contribution in [0.15, 0.2) is 0 Å². The lowest BCUT2D eigenvalue weighted by molar-refractivity contribution is 0.144. The van der Waals surface area contributed by atoms with Crippen LogP contribution in [-0.2, 0) is 10.0 Å². The average molecular weight is 298 g/mol. The van der Waals surface area contributed by atoms with Crippen LogP contribution in [0.2, 0.25) is 0 Å². The van der Waals surface area contributed by atoms with Crippen LogP contribution in [-0.4, -0.2) is 37.1 Å². The van der Waals surface area contributed by atoms with E-state index < -0.39 is 21.3 Å². The van der Waals surface area contributed by atoms with Gasteiger partial charge in [0.25, 0.3) is 10.0 Å². The number of hydrogen-bond acceptors (Lipinski definition) is 3. The largest absolute Gasteiger partial charge is 0.350 e. The minimum absolute atomic E-state index is 0.110. The van der Waals surface area contributed by atoms with Crippen LogP contribution >= 0.6 is 0 Å². The quantitative estimate of drug-likeness (QED) is 0.765. The molecule has 4 nitrogen and oxygen atoms in total. The molecule has 1 aliphatic rings. The zero-order valence-electron chi connectivity index (χ0n) is 11.4. The Morgan fingerprint density at radius 2 is 1.74 bits per heavy atom. The molecule has 19 heavy (non-hydrogen) atoms. The number of sulfonamides is 1. The molecule has 0 saturated heterocycles. The molecule has 0 aromatic carbocycles. The van der Waals surface area contributed by atoms with Crippen molar-refractivity contribution in [1.29, 1.82) is 0 Å². The molecule has 1 aliphatic carbocycles. The number of alkyl halides is 2. The van der Waals surface area contributed by atoms with Crippen LogP contribution < -0.4 is 5.73 Å². The van der Waals surface area contributed by atoms with Crippen molar-refractivity contribution in [3.8, 4) is 0 Å². The Balaban J connectivity index is 3.13. The van der Waals surface area contributed by atoms with Crippen molar-refractivity contribution in [3.63, 3.8) is 0 Å². The van der Waals surface area contributed by atoms with E-state index in [0.29, 0.717) is 19.3 Å². The molecule has 0 aromatic heterocycles. The van der Waals surface area contributed by atoms with Crippen molar-refractivity contribution >= 4 is 10.0 Å². The molecule has 0 unspecified atom stereocenters. The zero-order chi connectivity index (χ0) is 14.5. The van der Waals surface area contributed by atoms with Gasteiger partial charge in [-0.15, -0.1) is 0 Å². The first-order chi connectivity index (χ1) is 8.90. The van der Waals surface area contributed by atoms with Crippen LogP contribution in [0.1, 0.15) is 51.9 Å². The Morgan fingerprint density at radius 3 is 2.11 bits per heavy atom. The lowest BCUT2D eigenvalue weighted by Gasteiger charge is -2.41. The SMILES string of the molecule is CCCN(C1(CN)CCCCCC1)S(=O)(=O)C(F)F. The molecular weight excluding hydrogens is 274 g/mol. The van der Waals surface area contributed by atoms with E-state index in [1.807, 2.05) is 0 Å². The molecule has 0 aromatic rings. The number of halogens is 2. The van der Waals surface area contributed by atoms with E-state index >= 15 is 0 Å². The fourth-order valence-electron chi connectivity index (χ4n) is 2.88. The van der Waals surface area contributed by atoms with E-state index in [1.54, 1.807) is 6.92 Å². The maximum atomic E-state index is 12.9. The van der Waals surface area contributed by atoms with Crippen LogP contribution in [0.3, 0.4) is 0 Å². The minimum atomic E-state index is -4.57. The summed E-state index contributed by atoms with van der Waals surface area (Å²) < 4.78 is 50.6. The van der Waals surface area contributed by atoms with Gasteiger partial charge >= 0.3 is 5.76 Å². The Hall–Kier alpha value is -0.270. The third kappa shape index (κ3) is 3.64. The molecule has 0 aliphatic heterocycles. The number of nitrogens with two attached hydrogens (primary N) is 1. The van der Waals surface area contributed by atoms with E-state index in [4.69, 9.17) is 5.73 Å². The summed E-state index contributed by atoms with van der Waals surface area (Å²) in [5.41, 5.74) is 4.97. The van der Waals surface area contributed by atoms with Crippen molar-refractivity contribution in [2.24, 2.45) is 5.73 Å². The second-order valence-electron chi connectivity index (χ2n) is 5.22. The Labute approximate surface area is 114 Å². The van der Waals surface area contributed by atoms with E-state index in [-0.39, 0.29) is 13.1 Å². The second kappa shape index (κ2) is 6.95. The maximum absolute atomic E-state index is 12.9. The van der Waals surface area contributed by atoms with Gasteiger partial charge in [-0.2, -0.15) is 13.1 Å². The molecule has 114 valence electrons. The smallest absolute Gasteiger partial charge is 0.329 e. The molecule has 1 rings (SSSR count). The first-order valence-electron chi connectivity index (χ1n) is 6.90. The van der Waals surface area contributed by atoms with Crippen LogP contribution in [0, 0.1) is 0 Å². The monoisotopic (exact) mass is 298 g/mol. The lowest BCUT2D eigenvalue weighted by atomic mass is 9.90. The molecule has 0 heterocycles. The topological polar surface area (TPSA) is 63.4 Å².